The van der Waals surface area contributed by atoms with Crippen LogP contribution in [0.3, 0.4) is 0 Å². The summed E-state index contributed by atoms with van der Waals surface area (Å²) in [5.74, 6) is 1.16. The number of ether oxygens (including phenoxy) is 2. The number of sulfonamides is 1. The van der Waals surface area contributed by atoms with E-state index in [0.717, 1.165) is 5.69 Å². The number of benzene rings is 3. The lowest BCUT2D eigenvalue weighted by Gasteiger charge is -2.12. The van der Waals surface area contributed by atoms with E-state index in [9.17, 15) is 8.42 Å². The quantitative estimate of drug-likeness (QED) is 0.333. The third kappa shape index (κ3) is 4.94. The SMILES string of the molecule is COc1ccc(NS(=O)(=O)c2ccccc2N=Nc2c(C)nn(-c3ccccc3)c2N)cc1OC. The molecule has 0 saturated heterocycles. The van der Waals surface area contributed by atoms with E-state index in [0.29, 0.717) is 34.4 Å². The standard InChI is InChI=1S/C24H24N6O4S/c1-16-23(24(25)30(28-16)18-9-5-4-6-10-18)27-26-19-11-7-8-12-22(19)35(31,32)29-17-13-14-20(33-2)21(15-17)34-3/h4-15,29H,25H2,1-3H3. The molecule has 4 aromatic rings. The number of aromatic nitrogens is 2. The molecule has 0 aliphatic heterocycles. The van der Waals surface area contributed by atoms with E-state index in [4.69, 9.17) is 15.2 Å². The molecule has 0 radical (unpaired) electrons. The van der Waals surface area contributed by atoms with Gasteiger partial charge in [0.15, 0.2) is 23.0 Å². The molecule has 3 N–H and O–H groups in total. The maximum absolute atomic E-state index is 13.2. The average Bonchev–Trinajstić information content (AvgIpc) is 3.16. The molecule has 1 heterocycles. The number of nitrogens with two attached hydrogens (primary N) is 1. The van der Waals surface area contributed by atoms with E-state index in [1.165, 1.54) is 26.4 Å². The highest BCUT2D eigenvalue weighted by Gasteiger charge is 2.20. The van der Waals surface area contributed by atoms with Crippen molar-refractivity contribution in [2.45, 2.75) is 11.8 Å². The van der Waals surface area contributed by atoms with Gasteiger partial charge < -0.3 is 15.2 Å². The molecule has 1 aromatic heterocycles. The highest BCUT2D eigenvalue weighted by Crippen LogP contribution is 2.34. The Kier molecular flexibility index (Phi) is 6.69. The molecule has 0 saturated carbocycles. The molecule has 0 atom stereocenters. The van der Waals surface area contributed by atoms with Gasteiger partial charge in [0.1, 0.15) is 10.6 Å². The zero-order valence-corrected chi connectivity index (χ0v) is 20.2. The Morgan fingerprint density at radius 2 is 1.60 bits per heavy atom. The molecule has 0 unspecified atom stereocenters. The first kappa shape index (κ1) is 23.8. The molecule has 35 heavy (non-hydrogen) atoms. The Hall–Kier alpha value is -4.38. The minimum atomic E-state index is -4.00. The van der Waals surface area contributed by atoms with Gasteiger partial charge in [0, 0.05) is 6.07 Å². The van der Waals surface area contributed by atoms with E-state index in [1.807, 2.05) is 30.3 Å². The van der Waals surface area contributed by atoms with Gasteiger partial charge in [0.05, 0.1) is 31.3 Å². The van der Waals surface area contributed by atoms with Crippen LogP contribution in [0.15, 0.2) is 87.9 Å². The average molecular weight is 493 g/mol. The number of methoxy groups -OCH3 is 2. The van der Waals surface area contributed by atoms with Crippen LogP contribution in [0.25, 0.3) is 5.69 Å². The number of nitrogen functional groups attached to an aromatic ring is 1. The summed E-state index contributed by atoms with van der Waals surface area (Å²) in [6, 6.07) is 20.4. The molecule has 0 amide bonds. The third-order valence-corrected chi connectivity index (χ3v) is 6.54. The summed E-state index contributed by atoms with van der Waals surface area (Å²) in [5, 5.41) is 12.9. The molecule has 180 valence electrons. The number of hydrogen-bond donors (Lipinski definition) is 2. The number of rotatable bonds is 8. The van der Waals surface area contributed by atoms with Gasteiger partial charge in [0.2, 0.25) is 0 Å². The van der Waals surface area contributed by atoms with E-state index in [-0.39, 0.29) is 10.6 Å². The number of aryl methyl sites for hydroxylation is 1. The Bertz CT molecular complexity index is 1480. The van der Waals surface area contributed by atoms with E-state index in [2.05, 4.69) is 20.0 Å². The van der Waals surface area contributed by atoms with Crippen molar-refractivity contribution in [3.63, 3.8) is 0 Å². The third-order valence-electron chi connectivity index (χ3n) is 5.11. The maximum Gasteiger partial charge on any atom is 0.264 e. The lowest BCUT2D eigenvalue weighted by atomic mass is 10.3. The van der Waals surface area contributed by atoms with E-state index >= 15 is 0 Å². The summed E-state index contributed by atoms with van der Waals surface area (Å²) in [5.41, 5.74) is 8.41. The normalized spacial score (nSPS) is 11.5. The van der Waals surface area contributed by atoms with Gasteiger partial charge in [-0.1, -0.05) is 30.3 Å². The second-order valence-electron chi connectivity index (χ2n) is 7.41. The van der Waals surface area contributed by atoms with Crippen molar-refractivity contribution in [1.29, 1.82) is 0 Å². The monoisotopic (exact) mass is 492 g/mol. The van der Waals surface area contributed by atoms with Gasteiger partial charge >= 0.3 is 0 Å². The van der Waals surface area contributed by atoms with Crippen molar-refractivity contribution in [1.82, 2.24) is 9.78 Å². The Balaban J connectivity index is 1.66. The van der Waals surface area contributed by atoms with Crippen LogP contribution in [0.4, 0.5) is 22.9 Å². The molecular weight excluding hydrogens is 468 g/mol. The first-order chi connectivity index (χ1) is 16.8. The molecule has 0 bridgehead atoms. The largest absolute Gasteiger partial charge is 0.493 e. The fourth-order valence-electron chi connectivity index (χ4n) is 3.41. The number of para-hydroxylation sites is 1. The van der Waals surface area contributed by atoms with Gasteiger partial charge in [-0.2, -0.15) is 5.10 Å². The molecule has 0 fully saturated rings. The van der Waals surface area contributed by atoms with Crippen molar-refractivity contribution >= 4 is 32.9 Å². The van der Waals surface area contributed by atoms with Crippen LogP contribution in [0, 0.1) is 6.92 Å². The fraction of sp³-hybridized carbons (Fsp3) is 0.125. The minimum Gasteiger partial charge on any atom is -0.493 e. The molecule has 3 aromatic carbocycles. The van der Waals surface area contributed by atoms with E-state index in [1.54, 1.807) is 41.9 Å². The summed E-state index contributed by atoms with van der Waals surface area (Å²) in [7, 11) is -1.03. The minimum absolute atomic E-state index is 0.0507. The number of azo groups is 1. The van der Waals surface area contributed by atoms with Crippen LogP contribution < -0.4 is 19.9 Å². The Morgan fingerprint density at radius 1 is 0.914 bits per heavy atom. The predicted octanol–water partition coefficient (Wildman–Crippen LogP) is 5.00. The lowest BCUT2D eigenvalue weighted by Crippen LogP contribution is -2.13. The Labute approximate surface area is 203 Å². The summed E-state index contributed by atoms with van der Waals surface area (Å²) in [6.07, 6.45) is 0. The highest BCUT2D eigenvalue weighted by molar-refractivity contribution is 7.92. The highest BCUT2D eigenvalue weighted by atomic mass is 32.2. The zero-order valence-electron chi connectivity index (χ0n) is 19.3. The molecular formula is C24H24N6O4S. The van der Waals surface area contributed by atoms with Crippen LogP contribution in [0.5, 0.6) is 11.5 Å². The zero-order chi connectivity index (χ0) is 25.0. The molecule has 10 nitrogen and oxygen atoms in total. The molecule has 0 aliphatic rings. The second kappa shape index (κ2) is 9.85. The van der Waals surface area contributed by atoms with Gasteiger partial charge in [-0.05, 0) is 43.3 Å². The van der Waals surface area contributed by atoms with Crippen molar-refractivity contribution in [3.05, 3.63) is 78.5 Å². The topological polar surface area (TPSA) is 133 Å². The number of nitrogens with zero attached hydrogens (tertiary/aromatic N) is 4. The van der Waals surface area contributed by atoms with Crippen LogP contribution in [-0.4, -0.2) is 32.4 Å². The number of anilines is 2. The van der Waals surface area contributed by atoms with Crippen LogP contribution in [-0.2, 0) is 10.0 Å². The fourth-order valence-corrected chi connectivity index (χ4v) is 4.60. The van der Waals surface area contributed by atoms with Crippen molar-refractivity contribution in [2.24, 2.45) is 10.2 Å². The lowest BCUT2D eigenvalue weighted by molar-refractivity contribution is 0.355. The molecule has 4 rings (SSSR count). The smallest absolute Gasteiger partial charge is 0.264 e. The van der Waals surface area contributed by atoms with Gasteiger partial charge in [-0.25, -0.2) is 13.1 Å². The predicted molar refractivity (Wildman–Crippen MR) is 134 cm³/mol. The van der Waals surface area contributed by atoms with E-state index < -0.39 is 10.0 Å². The molecule has 11 heteroatoms. The molecule has 0 aliphatic carbocycles. The number of hydrogen-bond acceptors (Lipinski definition) is 8. The van der Waals surface area contributed by atoms with Crippen LogP contribution in [0.2, 0.25) is 0 Å². The molecule has 0 spiro atoms. The van der Waals surface area contributed by atoms with Gasteiger partial charge in [-0.15, -0.1) is 10.2 Å². The van der Waals surface area contributed by atoms with Crippen molar-refractivity contribution < 1.29 is 17.9 Å². The van der Waals surface area contributed by atoms with Crippen molar-refractivity contribution in [2.75, 3.05) is 24.7 Å². The van der Waals surface area contributed by atoms with Gasteiger partial charge in [-0.3, -0.25) is 4.72 Å². The first-order valence-electron chi connectivity index (χ1n) is 10.5. The first-order valence-corrected chi connectivity index (χ1v) is 12.0. The maximum atomic E-state index is 13.2. The van der Waals surface area contributed by atoms with Crippen molar-refractivity contribution in [3.8, 4) is 17.2 Å². The van der Waals surface area contributed by atoms with Crippen LogP contribution in [0.1, 0.15) is 5.69 Å². The summed E-state index contributed by atoms with van der Waals surface area (Å²) in [6.45, 7) is 1.76. The van der Waals surface area contributed by atoms with Crippen LogP contribution >= 0.6 is 0 Å². The second-order valence-corrected chi connectivity index (χ2v) is 9.06. The summed E-state index contributed by atoms with van der Waals surface area (Å²) in [4.78, 5) is -0.0507. The van der Waals surface area contributed by atoms with Gasteiger partial charge in [0.25, 0.3) is 10.0 Å². The summed E-state index contributed by atoms with van der Waals surface area (Å²) >= 11 is 0. The Morgan fingerprint density at radius 3 is 2.31 bits per heavy atom. The number of nitrogens with one attached hydrogen (secondary N) is 1. The summed E-state index contributed by atoms with van der Waals surface area (Å²) < 4.78 is 40.9.